The van der Waals surface area contributed by atoms with Crippen LogP contribution in [0.3, 0.4) is 0 Å². The van der Waals surface area contributed by atoms with Gasteiger partial charge in [-0.3, -0.25) is 0 Å². The molecule has 0 bridgehead atoms. The van der Waals surface area contributed by atoms with E-state index in [9.17, 15) is 0 Å². The van der Waals surface area contributed by atoms with Crippen LogP contribution in [0.2, 0.25) is 0 Å². The van der Waals surface area contributed by atoms with Crippen molar-refractivity contribution in [2.45, 2.75) is 13.3 Å². The van der Waals surface area contributed by atoms with Crippen molar-refractivity contribution in [3.8, 4) is 27.9 Å². The Morgan fingerprint density at radius 3 is 2.09 bits per heavy atom. The largest absolute Gasteiger partial charge is 0.309 e. The fourth-order valence-corrected chi connectivity index (χ4v) is 5.49. The quantitative estimate of drug-likeness (QED) is 0.264. The smallest absolute Gasteiger partial charge is 0.0622 e. The summed E-state index contributed by atoms with van der Waals surface area (Å²) in [6.45, 7) is 2.13. The average molecular weight is 422 g/mol. The second-order valence-electron chi connectivity index (χ2n) is 9.10. The molecule has 6 aromatic rings. The number of aromatic nitrogens is 1. The van der Waals surface area contributed by atoms with E-state index in [2.05, 4.69) is 121 Å². The van der Waals surface area contributed by atoms with Crippen molar-refractivity contribution in [1.82, 2.24) is 4.57 Å². The van der Waals surface area contributed by atoms with Crippen molar-refractivity contribution in [3.63, 3.8) is 0 Å². The number of hydrogen-bond donors (Lipinski definition) is 0. The van der Waals surface area contributed by atoms with Gasteiger partial charge in [0, 0.05) is 22.0 Å². The normalized spacial score (nSPS) is 12.3. The first-order chi connectivity index (χ1) is 16.3. The predicted octanol–water partition coefficient (Wildman–Crippen LogP) is 8.33. The molecule has 1 heteroatoms. The molecule has 0 unspecified atom stereocenters. The van der Waals surface area contributed by atoms with Crippen LogP contribution in [-0.4, -0.2) is 4.57 Å². The van der Waals surface area contributed by atoms with Gasteiger partial charge in [0.25, 0.3) is 0 Å². The minimum Gasteiger partial charge on any atom is -0.309 e. The number of fused-ring (bicyclic) bond motifs is 7. The summed E-state index contributed by atoms with van der Waals surface area (Å²) in [4.78, 5) is 0. The van der Waals surface area contributed by atoms with Crippen molar-refractivity contribution in [3.05, 3.63) is 126 Å². The lowest BCUT2D eigenvalue weighted by molar-refractivity contribution is 1.18. The monoisotopic (exact) mass is 421 g/mol. The molecule has 156 valence electrons. The highest BCUT2D eigenvalue weighted by atomic mass is 15.0. The molecule has 1 heterocycles. The topological polar surface area (TPSA) is 4.93 Å². The summed E-state index contributed by atoms with van der Waals surface area (Å²) in [5.74, 6) is 0. The molecular weight excluding hydrogens is 398 g/mol. The van der Waals surface area contributed by atoms with Crippen LogP contribution in [0.1, 0.15) is 16.7 Å². The van der Waals surface area contributed by atoms with E-state index in [1.807, 2.05) is 0 Å². The number of hydrogen-bond acceptors (Lipinski definition) is 0. The Balaban J connectivity index is 1.51. The summed E-state index contributed by atoms with van der Waals surface area (Å²) in [6, 6.07) is 40.1. The Labute approximate surface area is 193 Å². The lowest BCUT2D eigenvalue weighted by Crippen LogP contribution is -1.96. The van der Waals surface area contributed by atoms with Gasteiger partial charge in [-0.25, -0.2) is 0 Å². The van der Waals surface area contributed by atoms with Crippen LogP contribution in [0.5, 0.6) is 0 Å². The molecule has 5 aromatic carbocycles. The van der Waals surface area contributed by atoms with Gasteiger partial charge in [-0.15, -0.1) is 0 Å². The van der Waals surface area contributed by atoms with Crippen LogP contribution >= 0.6 is 0 Å². The number of rotatable bonds is 2. The highest BCUT2D eigenvalue weighted by Crippen LogP contribution is 2.45. The number of benzene rings is 5. The van der Waals surface area contributed by atoms with Crippen molar-refractivity contribution >= 4 is 21.8 Å². The van der Waals surface area contributed by atoms with E-state index in [0.717, 1.165) is 6.42 Å². The first kappa shape index (κ1) is 18.5. The molecule has 0 saturated heterocycles. The molecule has 0 fully saturated rings. The Morgan fingerprint density at radius 1 is 0.576 bits per heavy atom. The molecule has 0 amide bonds. The Hall–Kier alpha value is -4.10. The van der Waals surface area contributed by atoms with Crippen molar-refractivity contribution in [2.24, 2.45) is 0 Å². The van der Waals surface area contributed by atoms with E-state index < -0.39 is 0 Å². The molecule has 0 spiro atoms. The minimum atomic E-state index is 1.01. The van der Waals surface area contributed by atoms with Crippen LogP contribution in [0.15, 0.2) is 109 Å². The third-order valence-corrected chi connectivity index (χ3v) is 7.10. The molecule has 1 aliphatic carbocycles. The molecule has 1 nitrogen and oxygen atoms in total. The van der Waals surface area contributed by atoms with E-state index in [1.165, 1.54) is 66.4 Å². The van der Waals surface area contributed by atoms with E-state index >= 15 is 0 Å². The van der Waals surface area contributed by atoms with Gasteiger partial charge >= 0.3 is 0 Å². The molecule has 0 atom stereocenters. The molecule has 33 heavy (non-hydrogen) atoms. The minimum absolute atomic E-state index is 1.01. The first-order valence-electron chi connectivity index (χ1n) is 11.6. The lowest BCUT2D eigenvalue weighted by Gasteiger charge is -2.12. The fraction of sp³-hybridized carbons (Fsp3) is 0.0625. The van der Waals surface area contributed by atoms with Gasteiger partial charge in [0.05, 0.1) is 11.0 Å². The maximum atomic E-state index is 2.46. The van der Waals surface area contributed by atoms with Crippen LogP contribution < -0.4 is 0 Å². The average Bonchev–Trinajstić information content (AvgIpc) is 3.40. The van der Waals surface area contributed by atoms with Gasteiger partial charge in [0.2, 0.25) is 0 Å². The molecule has 0 radical (unpaired) electrons. The van der Waals surface area contributed by atoms with E-state index in [0.29, 0.717) is 0 Å². The zero-order chi connectivity index (χ0) is 21.9. The van der Waals surface area contributed by atoms with Gasteiger partial charge in [-0.2, -0.15) is 0 Å². The van der Waals surface area contributed by atoms with Gasteiger partial charge in [-0.05, 0) is 59.4 Å². The summed E-state index contributed by atoms with van der Waals surface area (Å²) < 4.78 is 2.46. The Bertz CT molecular complexity index is 1670. The lowest BCUT2D eigenvalue weighted by atomic mass is 10.0. The summed E-state index contributed by atoms with van der Waals surface area (Å²) >= 11 is 0. The highest BCUT2D eigenvalue weighted by Gasteiger charge is 2.24. The zero-order valence-electron chi connectivity index (χ0n) is 18.5. The number of nitrogens with zero attached hydrogens (tertiary/aromatic N) is 1. The summed E-state index contributed by atoms with van der Waals surface area (Å²) in [6.07, 6.45) is 1.01. The SMILES string of the molecule is Cc1ccc(-c2ccc(-n3c4ccccc4c4ccc5c(c43)-c3ccccc3C5)cc2)cc1. The van der Waals surface area contributed by atoms with Crippen molar-refractivity contribution < 1.29 is 0 Å². The maximum Gasteiger partial charge on any atom is 0.0622 e. The molecule has 0 saturated carbocycles. The second kappa shape index (κ2) is 6.95. The summed E-state index contributed by atoms with van der Waals surface area (Å²) in [7, 11) is 0. The number of para-hydroxylation sites is 1. The van der Waals surface area contributed by atoms with Gasteiger partial charge in [0.15, 0.2) is 0 Å². The van der Waals surface area contributed by atoms with E-state index in [-0.39, 0.29) is 0 Å². The van der Waals surface area contributed by atoms with E-state index in [1.54, 1.807) is 0 Å². The number of aryl methyl sites for hydroxylation is 1. The second-order valence-corrected chi connectivity index (χ2v) is 9.10. The van der Waals surface area contributed by atoms with Gasteiger partial charge in [0.1, 0.15) is 0 Å². The van der Waals surface area contributed by atoms with Crippen LogP contribution in [0.4, 0.5) is 0 Å². The standard InChI is InChI=1S/C32H23N/c1-21-10-12-22(13-11-21)23-14-17-26(18-15-23)33-30-9-5-4-8-28(30)29-19-16-25-20-24-6-2-3-7-27(24)31(25)32(29)33/h2-19H,20H2,1H3. The molecular formula is C32H23N. The third-order valence-electron chi connectivity index (χ3n) is 7.10. The van der Waals surface area contributed by atoms with Crippen molar-refractivity contribution in [2.75, 3.05) is 0 Å². The third kappa shape index (κ3) is 2.72. The molecule has 0 N–H and O–H groups in total. The Kier molecular flexibility index (Phi) is 3.89. The molecule has 0 aliphatic heterocycles. The predicted molar refractivity (Wildman–Crippen MR) is 139 cm³/mol. The van der Waals surface area contributed by atoms with E-state index in [4.69, 9.17) is 0 Å². The zero-order valence-corrected chi connectivity index (χ0v) is 18.5. The molecule has 1 aliphatic rings. The molecule has 1 aromatic heterocycles. The summed E-state index contributed by atoms with van der Waals surface area (Å²) in [5.41, 5.74) is 13.2. The highest BCUT2D eigenvalue weighted by molar-refractivity contribution is 6.15. The maximum absolute atomic E-state index is 2.46. The van der Waals surface area contributed by atoms with Crippen LogP contribution in [0.25, 0.3) is 49.7 Å². The molecule has 7 rings (SSSR count). The van der Waals surface area contributed by atoms with Crippen LogP contribution in [-0.2, 0) is 6.42 Å². The fourth-order valence-electron chi connectivity index (χ4n) is 5.49. The van der Waals surface area contributed by atoms with Crippen LogP contribution in [0, 0.1) is 6.92 Å². The first-order valence-corrected chi connectivity index (χ1v) is 11.6. The Morgan fingerprint density at radius 2 is 1.27 bits per heavy atom. The van der Waals surface area contributed by atoms with Gasteiger partial charge < -0.3 is 4.57 Å². The van der Waals surface area contributed by atoms with Crippen molar-refractivity contribution in [1.29, 1.82) is 0 Å². The summed E-state index contributed by atoms with van der Waals surface area (Å²) in [5, 5.41) is 2.63. The van der Waals surface area contributed by atoms with Gasteiger partial charge in [-0.1, -0.05) is 96.6 Å².